The molecular formula is C19H21F2N3O2. The Kier molecular flexibility index (Phi) is 5.49. The maximum atomic E-state index is 13.4. The van der Waals surface area contributed by atoms with Crippen LogP contribution in [0, 0.1) is 11.6 Å². The number of rotatable bonds is 5. The van der Waals surface area contributed by atoms with Crippen molar-refractivity contribution in [3.8, 4) is 5.75 Å². The molecule has 1 heterocycles. The van der Waals surface area contributed by atoms with Gasteiger partial charge in [0.15, 0.2) is 0 Å². The summed E-state index contributed by atoms with van der Waals surface area (Å²) in [5.41, 5.74) is 7.94. The molecule has 2 aromatic carbocycles. The summed E-state index contributed by atoms with van der Waals surface area (Å²) in [5.74, 6) is -0.791. The zero-order valence-corrected chi connectivity index (χ0v) is 14.6. The van der Waals surface area contributed by atoms with E-state index < -0.39 is 17.7 Å². The summed E-state index contributed by atoms with van der Waals surface area (Å²) >= 11 is 0. The van der Waals surface area contributed by atoms with Crippen LogP contribution in [0.5, 0.6) is 5.75 Å². The van der Waals surface area contributed by atoms with Gasteiger partial charge in [-0.2, -0.15) is 0 Å². The van der Waals surface area contributed by atoms with Gasteiger partial charge >= 0.3 is 0 Å². The summed E-state index contributed by atoms with van der Waals surface area (Å²) in [6, 6.07) is 7.96. The Hall–Kier alpha value is -2.51. The normalized spacial score (nSPS) is 15.7. The number of amides is 1. The second kappa shape index (κ2) is 7.80. The zero-order valence-electron chi connectivity index (χ0n) is 14.6. The van der Waals surface area contributed by atoms with Crippen molar-refractivity contribution in [3.63, 3.8) is 0 Å². The number of hydrazine groups is 1. The summed E-state index contributed by atoms with van der Waals surface area (Å²) in [5, 5.41) is 2.75. The number of benzene rings is 2. The smallest absolute Gasteiger partial charge is 0.251 e. The van der Waals surface area contributed by atoms with Gasteiger partial charge in [-0.15, -0.1) is 0 Å². The van der Waals surface area contributed by atoms with Gasteiger partial charge < -0.3 is 10.1 Å². The highest BCUT2D eigenvalue weighted by Gasteiger charge is 2.21. The van der Waals surface area contributed by atoms with E-state index in [0.717, 1.165) is 24.7 Å². The highest BCUT2D eigenvalue weighted by atomic mass is 19.1. The average Bonchev–Trinajstić information content (AvgIpc) is 3.14. The van der Waals surface area contributed by atoms with Crippen molar-refractivity contribution in [3.05, 3.63) is 64.7 Å². The quantitative estimate of drug-likeness (QED) is 0.766. The van der Waals surface area contributed by atoms with Crippen LogP contribution in [0.25, 0.3) is 0 Å². The van der Waals surface area contributed by atoms with Gasteiger partial charge in [-0.1, -0.05) is 6.07 Å². The largest absolute Gasteiger partial charge is 0.496 e. The molecule has 1 aliphatic rings. The summed E-state index contributed by atoms with van der Waals surface area (Å²) in [7, 11) is 1.56. The number of carbonyl (C=O) groups excluding carboxylic acids is 1. The SMILES string of the molecule is COc1cc(C(=O)NC(C)c2cc(F)cc(F)c2)ccc1C1CNNC1. The molecule has 0 spiro atoms. The number of carbonyl (C=O) groups is 1. The van der Waals surface area contributed by atoms with Crippen LogP contribution >= 0.6 is 0 Å². The first-order chi connectivity index (χ1) is 12.5. The van der Waals surface area contributed by atoms with E-state index in [1.165, 1.54) is 12.1 Å². The second-order valence-electron chi connectivity index (χ2n) is 6.31. The van der Waals surface area contributed by atoms with Crippen molar-refractivity contribution in [2.24, 2.45) is 0 Å². The predicted molar refractivity (Wildman–Crippen MR) is 94.0 cm³/mol. The molecule has 0 aromatic heterocycles. The van der Waals surface area contributed by atoms with Crippen LogP contribution in [-0.2, 0) is 0 Å². The van der Waals surface area contributed by atoms with Gasteiger partial charge in [0.25, 0.3) is 5.91 Å². The van der Waals surface area contributed by atoms with E-state index in [2.05, 4.69) is 16.2 Å². The minimum Gasteiger partial charge on any atom is -0.496 e. The fraction of sp³-hybridized carbons (Fsp3) is 0.316. The molecule has 1 unspecified atom stereocenters. The van der Waals surface area contributed by atoms with Crippen molar-refractivity contribution in [2.45, 2.75) is 18.9 Å². The van der Waals surface area contributed by atoms with E-state index in [4.69, 9.17) is 4.74 Å². The number of ether oxygens (including phenoxy) is 1. The Morgan fingerprint density at radius 2 is 1.81 bits per heavy atom. The molecule has 1 amide bonds. The summed E-state index contributed by atoms with van der Waals surface area (Å²) < 4.78 is 32.2. The maximum Gasteiger partial charge on any atom is 0.251 e. The van der Waals surface area contributed by atoms with E-state index in [1.54, 1.807) is 26.2 Å². The van der Waals surface area contributed by atoms with Crippen molar-refractivity contribution in [2.75, 3.05) is 20.2 Å². The molecule has 1 saturated heterocycles. The van der Waals surface area contributed by atoms with E-state index in [9.17, 15) is 13.6 Å². The third-order valence-electron chi connectivity index (χ3n) is 4.49. The molecular weight excluding hydrogens is 340 g/mol. The van der Waals surface area contributed by atoms with E-state index >= 15 is 0 Å². The Morgan fingerprint density at radius 1 is 1.15 bits per heavy atom. The fourth-order valence-electron chi connectivity index (χ4n) is 3.06. The lowest BCUT2D eigenvalue weighted by atomic mass is 9.97. The Labute approximate surface area is 150 Å². The highest BCUT2D eigenvalue weighted by molar-refractivity contribution is 5.95. The summed E-state index contributed by atoms with van der Waals surface area (Å²) in [6.45, 7) is 3.24. The molecule has 1 aliphatic heterocycles. The molecule has 5 nitrogen and oxygen atoms in total. The molecule has 0 saturated carbocycles. The molecule has 2 aromatic rings. The van der Waals surface area contributed by atoms with E-state index in [0.29, 0.717) is 16.9 Å². The van der Waals surface area contributed by atoms with Gasteiger partial charge in [-0.05, 0) is 42.3 Å². The van der Waals surface area contributed by atoms with Crippen molar-refractivity contribution >= 4 is 5.91 Å². The topological polar surface area (TPSA) is 62.4 Å². The van der Waals surface area contributed by atoms with Crippen LogP contribution in [0.1, 0.15) is 40.4 Å². The van der Waals surface area contributed by atoms with Crippen molar-refractivity contribution in [1.29, 1.82) is 0 Å². The van der Waals surface area contributed by atoms with Gasteiger partial charge in [0.05, 0.1) is 13.2 Å². The van der Waals surface area contributed by atoms with Gasteiger partial charge in [0.2, 0.25) is 0 Å². The number of nitrogens with one attached hydrogen (secondary N) is 3. The van der Waals surface area contributed by atoms with Gasteiger partial charge in [-0.3, -0.25) is 15.6 Å². The standard InChI is InChI=1S/C19H21F2N3O2/c1-11(13-5-15(20)8-16(21)6-13)24-19(25)12-3-4-17(18(7-12)26-2)14-9-22-23-10-14/h3-8,11,14,22-23H,9-10H2,1-2H3,(H,24,25). The highest BCUT2D eigenvalue weighted by Crippen LogP contribution is 2.29. The lowest BCUT2D eigenvalue weighted by Gasteiger charge is -2.17. The van der Waals surface area contributed by atoms with Crippen molar-refractivity contribution in [1.82, 2.24) is 16.2 Å². The second-order valence-corrected chi connectivity index (χ2v) is 6.31. The maximum absolute atomic E-state index is 13.4. The number of methoxy groups -OCH3 is 1. The Bertz CT molecular complexity index is 787. The Morgan fingerprint density at radius 3 is 2.42 bits per heavy atom. The third kappa shape index (κ3) is 4.00. The molecule has 3 N–H and O–H groups in total. The molecule has 26 heavy (non-hydrogen) atoms. The Balaban J connectivity index is 1.76. The van der Waals surface area contributed by atoms with E-state index in [-0.39, 0.29) is 11.8 Å². The molecule has 1 fully saturated rings. The first-order valence-corrected chi connectivity index (χ1v) is 8.38. The molecule has 0 bridgehead atoms. The number of hydrogen-bond acceptors (Lipinski definition) is 4. The lowest BCUT2D eigenvalue weighted by molar-refractivity contribution is 0.0939. The van der Waals surface area contributed by atoms with Gasteiger partial charge in [0.1, 0.15) is 17.4 Å². The van der Waals surface area contributed by atoms with Crippen LogP contribution in [0.4, 0.5) is 8.78 Å². The number of hydrogen-bond donors (Lipinski definition) is 3. The molecule has 0 radical (unpaired) electrons. The van der Waals surface area contributed by atoms with Gasteiger partial charge in [0, 0.05) is 30.6 Å². The lowest BCUT2D eigenvalue weighted by Crippen LogP contribution is -2.27. The first-order valence-electron chi connectivity index (χ1n) is 8.38. The van der Waals surface area contributed by atoms with Crippen LogP contribution < -0.4 is 20.9 Å². The monoisotopic (exact) mass is 361 g/mol. The molecule has 1 atom stereocenters. The minimum absolute atomic E-state index is 0.260. The van der Waals surface area contributed by atoms with Crippen LogP contribution in [0.3, 0.4) is 0 Å². The van der Waals surface area contributed by atoms with Crippen LogP contribution in [0.2, 0.25) is 0 Å². The van der Waals surface area contributed by atoms with Gasteiger partial charge in [-0.25, -0.2) is 8.78 Å². The van der Waals surface area contributed by atoms with Crippen molar-refractivity contribution < 1.29 is 18.3 Å². The molecule has 3 rings (SSSR count). The van der Waals surface area contributed by atoms with E-state index in [1.807, 2.05) is 6.07 Å². The minimum atomic E-state index is -0.675. The predicted octanol–water partition coefficient (Wildman–Crippen LogP) is 2.66. The number of halogens is 2. The molecule has 7 heteroatoms. The molecule has 138 valence electrons. The summed E-state index contributed by atoms with van der Waals surface area (Å²) in [6.07, 6.45) is 0. The third-order valence-corrected chi connectivity index (χ3v) is 4.49. The fourth-order valence-corrected chi connectivity index (χ4v) is 3.06. The zero-order chi connectivity index (χ0) is 18.7. The average molecular weight is 361 g/mol. The first kappa shape index (κ1) is 18.3. The van der Waals surface area contributed by atoms with Crippen LogP contribution in [-0.4, -0.2) is 26.1 Å². The molecule has 0 aliphatic carbocycles. The summed E-state index contributed by atoms with van der Waals surface area (Å²) in [4.78, 5) is 12.5. The van der Waals surface area contributed by atoms with Crippen LogP contribution in [0.15, 0.2) is 36.4 Å².